The van der Waals surface area contributed by atoms with Crippen LogP contribution in [0, 0.1) is 6.92 Å². The Morgan fingerprint density at radius 1 is 1.29 bits per heavy atom. The minimum atomic E-state index is -0.166. The van der Waals surface area contributed by atoms with Crippen molar-refractivity contribution in [3.63, 3.8) is 0 Å². The van der Waals surface area contributed by atoms with Crippen LogP contribution in [0.4, 0.5) is 5.82 Å². The molecule has 0 atom stereocenters. The topological polar surface area (TPSA) is 78.7 Å². The van der Waals surface area contributed by atoms with Crippen LogP contribution in [0.5, 0.6) is 0 Å². The van der Waals surface area contributed by atoms with Gasteiger partial charge in [-0.05, 0) is 26.0 Å². The summed E-state index contributed by atoms with van der Waals surface area (Å²) >= 11 is 0. The van der Waals surface area contributed by atoms with E-state index < -0.39 is 0 Å². The molecule has 0 spiro atoms. The molecule has 0 saturated heterocycles. The van der Waals surface area contributed by atoms with Gasteiger partial charge in [0.25, 0.3) is 5.56 Å². The van der Waals surface area contributed by atoms with Crippen molar-refractivity contribution in [2.75, 3.05) is 5.73 Å². The van der Waals surface area contributed by atoms with Gasteiger partial charge in [0.2, 0.25) is 0 Å². The van der Waals surface area contributed by atoms with Crippen LogP contribution in [0.15, 0.2) is 23.0 Å². The summed E-state index contributed by atoms with van der Waals surface area (Å²) < 4.78 is 3.20. The van der Waals surface area contributed by atoms with Crippen molar-refractivity contribution in [2.24, 2.45) is 0 Å². The van der Waals surface area contributed by atoms with Crippen LogP contribution < -0.4 is 11.3 Å². The molecule has 0 aliphatic rings. The van der Waals surface area contributed by atoms with Crippen LogP contribution in [-0.2, 0) is 13.1 Å². The SMILES string of the molecule is CCn1nc(C)cc1Cn1nc(N)ccc1=O. The van der Waals surface area contributed by atoms with Crippen molar-refractivity contribution in [2.45, 2.75) is 26.9 Å². The number of aromatic nitrogens is 4. The smallest absolute Gasteiger partial charge is 0.267 e. The number of rotatable bonds is 3. The van der Waals surface area contributed by atoms with E-state index in [4.69, 9.17) is 5.73 Å². The minimum absolute atomic E-state index is 0.166. The van der Waals surface area contributed by atoms with Gasteiger partial charge in [0, 0.05) is 12.6 Å². The number of anilines is 1. The molecule has 6 nitrogen and oxygen atoms in total. The Balaban J connectivity index is 2.37. The lowest BCUT2D eigenvalue weighted by atomic mass is 10.3. The van der Waals surface area contributed by atoms with Crippen molar-refractivity contribution >= 4 is 5.82 Å². The Bertz CT molecular complexity index is 584. The van der Waals surface area contributed by atoms with Crippen LogP contribution in [0.25, 0.3) is 0 Å². The van der Waals surface area contributed by atoms with E-state index in [-0.39, 0.29) is 5.56 Å². The van der Waals surface area contributed by atoms with Crippen molar-refractivity contribution in [1.29, 1.82) is 0 Å². The van der Waals surface area contributed by atoms with Crippen molar-refractivity contribution in [3.8, 4) is 0 Å². The third-order valence-corrected chi connectivity index (χ3v) is 2.48. The fourth-order valence-corrected chi connectivity index (χ4v) is 1.73. The highest BCUT2D eigenvalue weighted by molar-refractivity contribution is 5.23. The fourth-order valence-electron chi connectivity index (χ4n) is 1.73. The maximum atomic E-state index is 11.6. The van der Waals surface area contributed by atoms with Crippen LogP contribution in [0.3, 0.4) is 0 Å². The molecule has 17 heavy (non-hydrogen) atoms. The van der Waals surface area contributed by atoms with Gasteiger partial charge in [0.05, 0.1) is 17.9 Å². The summed E-state index contributed by atoms with van der Waals surface area (Å²) in [5.41, 5.74) is 7.28. The van der Waals surface area contributed by atoms with E-state index in [9.17, 15) is 4.79 Å². The second-order valence-electron chi connectivity index (χ2n) is 3.85. The first kappa shape index (κ1) is 11.4. The molecule has 0 fully saturated rings. The predicted molar refractivity (Wildman–Crippen MR) is 64.6 cm³/mol. The standard InChI is InChI=1S/C11H15N5O/c1-3-15-9(6-8(2)13-15)7-16-11(17)5-4-10(12)14-16/h4-6H,3,7H2,1-2H3,(H2,12,14). The number of aryl methyl sites for hydroxylation is 2. The first-order valence-electron chi connectivity index (χ1n) is 5.47. The van der Waals surface area contributed by atoms with Gasteiger partial charge < -0.3 is 5.73 Å². The van der Waals surface area contributed by atoms with E-state index in [1.807, 2.05) is 24.6 Å². The van der Waals surface area contributed by atoms with Crippen molar-refractivity contribution < 1.29 is 0 Å². The second-order valence-corrected chi connectivity index (χ2v) is 3.85. The van der Waals surface area contributed by atoms with Gasteiger partial charge in [0.15, 0.2) is 0 Å². The second kappa shape index (κ2) is 4.40. The summed E-state index contributed by atoms with van der Waals surface area (Å²) in [5.74, 6) is 0.337. The molecule has 0 bridgehead atoms. The highest BCUT2D eigenvalue weighted by atomic mass is 16.1. The van der Waals surface area contributed by atoms with Gasteiger partial charge in [-0.3, -0.25) is 9.48 Å². The molecule has 2 aromatic rings. The zero-order chi connectivity index (χ0) is 12.4. The number of hydrogen-bond acceptors (Lipinski definition) is 4. The summed E-state index contributed by atoms with van der Waals surface area (Å²) in [6.45, 7) is 5.08. The molecule has 2 rings (SSSR count). The van der Waals surface area contributed by atoms with Crippen molar-refractivity contribution in [1.82, 2.24) is 19.6 Å². The lowest BCUT2D eigenvalue weighted by molar-refractivity contribution is 0.561. The first-order valence-corrected chi connectivity index (χ1v) is 5.47. The number of nitrogens with two attached hydrogens (primary N) is 1. The summed E-state index contributed by atoms with van der Waals surface area (Å²) in [7, 11) is 0. The van der Waals surface area contributed by atoms with Crippen LogP contribution in [0.1, 0.15) is 18.3 Å². The Morgan fingerprint density at radius 3 is 2.76 bits per heavy atom. The molecular weight excluding hydrogens is 218 g/mol. The number of nitrogens with zero attached hydrogens (tertiary/aromatic N) is 4. The zero-order valence-electron chi connectivity index (χ0n) is 9.92. The van der Waals surface area contributed by atoms with Gasteiger partial charge in [0.1, 0.15) is 5.82 Å². The fraction of sp³-hybridized carbons (Fsp3) is 0.364. The van der Waals surface area contributed by atoms with Crippen LogP contribution >= 0.6 is 0 Å². The molecule has 0 saturated carbocycles. The lowest BCUT2D eigenvalue weighted by Crippen LogP contribution is -2.24. The summed E-state index contributed by atoms with van der Waals surface area (Å²) in [6.07, 6.45) is 0. The molecule has 0 amide bonds. The molecule has 6 heteroatoms. The van der Waals surface area contributed by atoms with E-state index in [0.717, 1.165) is 17.9 Å². The lowest BCUT2D eigenvalue weighted by Gasteiger charge is -2.06. The van der Waals surface area contributed by atoms with Crippen LogP contribution in [0.2, 0.25) is 0 Å². The van der Waals surface area contributed by atoms with Crippen molar-refractivity contribution in [3.05, 3.63) is 39.9 Å². The van der Waals surface area contributed by atoms with Gasteiger partial charge in [-0.15, -0.1) is 0 Å². The highest BCUT2D eigenvalue weighted by Crippen LogP contribution is 2.05. The third-order valence-electron chi connectivity index (χ3n) is 2.48. The molecule has 0 aliphatic carbocycles. The van der Waals surface area contributed by atoms with E-state index in [1.54, 1.807) is 0 Å². The maximum Gasteiger partial charge on any atom is 0.267 e. The normalized spacial score (nSPS) is 10.7. The molecular formula is C11H15N5O. The maximum absolute atomic E-state index is 11.6. The molecule has 0 radical (unpaired) electrons. The predicted octanol–water partition coefficient (Wildman–Crippen LogP) is 0.399. The number of hydrogen-bond donors (Lipinski definition) is 1. The van der Waals surface area contributed by atoms with Crippen LogP contribution in [-0.4, -0.2) is 19.6 Å². The Morgan fingerprint density at radius 2 is 2.06 bits per heavy atom. The zero-order valence-corrected chi connectivity index (χ0v) is 9.92. The monoisotopic (exact) mass is 233 g/mol. The third kappa shape index (κ3) is 2.35. The Kier molecular flexibility index (Phi) is 2.95. The van der Waals surface area contributed by atoms with E-state index in [2.05, 4.69) is 10.2 Å². The van der Waals surface area contributed by atoms with E-state index >= 15 is 0 Å². The van der Waals surface area contributed by atoms with E-state index in [0.29, 0.717) is 12.4 Å². The average Bonchev–Trinajstić information content (AvgIpc) is 2.64. The summed E-state index contributed by atoms with van der Waals surface area (Å²) in [4.78, 5) is 11.6. The number of nitrogen functional groups attached to an aromatic ring is 1. The minimum Gasteiger partial charge on any atom is -0.382 e. The molecule has 2 N–H and O–H groups in total. The highest BCUT2D eigenvalue weighted by Gasteiger charge is 2.06. The molecule has 2 aromatic heterocycles. The largest absolute Gasteiger partial charge is 0.382 e. The average molecular weight is 233 g/mol. The van der Waals surface area contributed by atoms with Gasteiger partial charge in [-0.2, -0.15) is 10.2 Å². The Hall–Kier alpha value is -2.11. The van der Waals surface area contributed by atoms with Gasteiger partial charge in [-0.25, -0.2) is 4.68 Å². The van der Waals surface area contributed by atoms with Gasteiger partial charge >= 0.3 is 0 Å². The summed E-state index contributed by atoms with van der Waals surface area (Å²) in [5, 5.41) is 8.31. The molecule has 2 heterocycles. The Labute approximate surface area is 98.7 Å². The molecule has 0 aliphatic heterocycles. The van der Waals surface area contributed by atoms with E-state index in [1.165, 1.54) is 16.8 Å². The molecule has 0 unspecified atom stereocenters. The van der Waals surface area contributed by atoms with Gasteiger partial charge in [-0.1, -0.05) is 0 Å². The first-order chi connectivity index (χ1) is 8.10. The molecule has 90 valence electrons. The molecule has 0 aromatic carbocycles. The quantitative estimate of drug-likeness (QED) is 0.832. The summed E-state index contributed by atoms with van der Waals surface area (Å²) in [6, 6.07) is 4.86.